The molecule has 90 valence electrons. The number of thiophene rings is 1. The Hall–Kier alpha value is -1.07. The maximum atomic E-state index is 11.2. The first-order chi connectivity index (χ1) is 7.67. The van der Waals surface area contributed by atoms with Gasteiger partial charge >= 0.3 is 5.97 Å². The topological polar surface area (TPSA) is 38.8 Å². The van der Waals surface area contributed by atoms with Crippen LogP contribution in [-0.2, 0) is 16.1 Å². The van der Waals surface area contributed by atoms with Crippen LogP contribution < -0.4 is 4.74 Å². The van der Waals surface area contributed by atoms with Gasteiger partial charge in [-0.25, -0.2) is 0 Å². The first-order valence-corrected chi connectivity index (χ1v) is 5.99. The maximum Gasteiger partial charge on any atom is 0.320 e. The molecule has 0 N–H and O–H groups in total. The molecule has 0 spiro atoms. The van der Waals surface area contributed by atoms with Crippen molar-refractivity contribution in [2.24, 2.45) is 0 Å². The maximum absolute atomic E-state index is 11.2. The van der Waals surface area contributed by atoms with Crippen LogP contribution >= 0.6 is 11.3 Å². The molecule has 4 nitrogen and oxygen atoms in total. The minimum atomic E-state index is -0.194. The average molecular weight is 243 g/mol. The lowest BCUT2D eigenvalue weighted by atomic mass is 10.4. The molecule has 16 heavy (non-hydrogen) atoms. The van der Waals surface area contributed by atoms with Gasteiger partial charge in [0.15, 0.2) is 0 Å². The third-order valence-electron chi connectivity index (χ3n) is 2.04. The van der Waals surface area contributed by atoms with Crippen molar-refractivity contribution in [3.8, 4) is 5.75 Å². The summed E-state index contributed by atoms with van der Waals surface area (Å²) in [5.74, 6) is 0.682. The van der Waals surface area contributed by atoms with E-state index >= 15 is 0 Å². The van der Waals surface area contributed by atoms with E-state index in [0.29, 0.717) is 19.7 Å². The molecular formula is C11H17NO3S. The van der Waals surface area contributed by atoms with Crippen molar-refractivity contribution in [1.29, 1.82) is 0 Å². The SMILES string of the molecule is CCOC(=O)CN(C)Cc1sccc1OC. The summed E-state index contributed by atoms with van der Waals surface area (Å²) in [7, 11) is 3.53. The van der Waals surface area contributed by atoms with Gasteiger partial charge in [-0.15, -0.1) is 11.3 Å². The summed E-state index contributed by atoms with van der Waals surface area (Å²) < 4.78 is 10.1. The largest absolute Gasteiger partial charge is 0.496 e. The highest BCUT2D eigenvalue weighted by Gasteiger charge is 2.11. The third-order valence-corrected chi connectivity index (χ3v) is 2.93. The summed E-state index contributed by atoms with van der Waals surface area (Å²) in [5, 5.41) is 1.98. The standard InChI is InChI=1S/C11H17NO3S/c1-4-15-11(13)8-12(2)7-10-9(14-3)5-6-16-10/h5-6H,4,7-8H2,1-3H3. The number of methoxy groups -OCH3 is 1. The molecule has 0 atom stereocenters. The lowest BCUT2D eigenvalue weighted by Gasteiger charge is -2.15. The van der Waals surface area contributed by atoms with Crippen LogP contribution in [0, 0.1) is 0 Å². The molecule has 5 heteroatoms. The van der Waals surface area contributed by atoms with E-state index in [1.807, 2.05) is 23.4 Å². The number of likely N-dealkylation sites (N-methyl/N-ethyl adjacent to an activating group) is 1. The normalized spacial score (nSPS) is 10.5. The van der Waals surface area contributed by atoms with Crippen LogP contribution in [0.15, 0.2) is 11.4 Å². The van der Waals surface area contributed by atoms with Gasteiger partial charge in [0.2, 0.25) is 0 Å². The number of esters is 1. The number of nitrogens with zero attached hydrogens (tertiary/aromatic N) is 1. The molecule has 0 unspecified atom stereocenters. The van der Waals surface area contributed by atoms with Crippen molar-refractivity contribution in [2.75, 3.05) is 27.3 Å². The Morgan fingerprint density at radius 2 is 2.31 bits per heavy atom. The zero-order chi connectivity index (χ0) is 12.0. The lowest BCUT2D eigenvalue weighted by molar-refractivity contribution is -0.144. The van der Waals surface area contributed by atoms with Gasteiger partial charge in [-0.1, -0.05) is 0 Å². The fourth-order valence-corrected chi connectivity index (χ4v) is 2.27. The fourth-order valence-electron chi connectivity index (χ4n) is 1.35. The Labute approximate surface area is 99.8 Å². The summed E-state index contributed by atoms with van der Waals surface area (Å²) in [6, 6.07) is 1.93. The number of carbonyl (C=O) groups is 1. The monoisotopic (exact) mass is 243 g/mol. The van der Waals surface area contributed by atoms with E-state index < -0.39 is 0 Å². The Morgan fingerprint density at radius 1 is 1.56 bits per heavy atom. The van der Waals surface area contributed by atoms with Crippen LogP contribution in [0.3, 0.4) is 0 Å². The van der Waals surface area contributed by atoms with E-state index in [4.69, 9.17) is 9.47 Å². The van der Waals surface area contributed by atoms with Gasteiger partial charge in [-0.05, 0) is 25.4 Å². The van der Waals surface area contributed by atoms with Crippen molar-refractivity contribution in [3.05, 3.63) is 16.3 Å². The van der Waals surface area contributed by atoms with E-state index in [1.165, 1.54) is 0 Å². The summed E-state index contributed by atoms with van der Waals surface area (Å²) in [4.78, 5) is 14.3. The highest BCUT2D eigenvalue weighted by atomic mass is 32.1. The number of ether oxygens (including phenoxy) is 2. The number of rotatable bonds is 6. The van der Waals surface area contributed by atoms with Crippen molar-refractivity contribution >= 4 is 17.3 Å². The molecule has 0 amide bonds. The van der Waals surface area contributed by atoms with Crippen molar-refractivity contribution < 1.29 is 14.3 Å². The lowest BCUT2D eigenvalue weighted by Crippen LogP contribution is -2.26. The Morgan fingerprint density at radius 3 is 2.94 bits per heavy atom. The zero-order valence-electron chi connectivity index (χ0n) is 9.86. The van der Waals surface area contributed by atoms with Gasteiger partial charge in [0.05, 0.1) is 25.1 Å². The molecule has 1 rings (SSSR count). The van der Waals surface area contributed by atoms with Crippen LogP contribution in [0.25, 0.3) is 0 Å². The molecule has 0 fully saturated rings. The zero-order valence-corrected chi connectivity index (χ0v) is 10.7. The molecule has 1 heterocycles. The molecule has 0 saturated carbocycles. The molecule has 0 aromatic carbocycles. The summed E-state index contributed by atoms with van der Waals surface area (Å²) in [5.41, 5.74) is 0. The van der Waals surface area contributed by atoms with Gasteiger partial charge in [-0.3, -0.25) is 9.69 Å². The van der Waals surface area contributed by atoms with E-state index in [2.05, 4.69) is 0 Å². The molecule has 0 aliphatic carbocycles. The molecule has 0 aliphatic rings. The predicted octanol–water partition coefficient (Wildman–Crippen LogP) is 1.75. The molecular weight excluding hydrogens is 226 g/mol. The molecule has 0 bridgehead atoms. The highest BCUT2D eigenvalue weighted by molar-refractivity contribution is 7.10. The summed E-state index contributed by atoms with van der Waals surface area (Å²) in [6.45, 7) is 3.23. The van der Waals surface area contributed by atoms with E-state index in [0.717, 1.165) is 10.6 Å². The Kier molecular flexibility index (Phi) is 5.28. The third kappa shape index (κ3) is 3.83. The van der Waals surface area contributed by atoms with Gasteiger partial charge in [0, 0.05) is 6.54 Å². The van der Waals surface area contributed by atoms with Crippen molar-refractivity contribution in [2.45, 2.75) is 13.5 Å². The summed E-state index contributed by atoms with van der Waals surface area (Å²) >= 11 is 1.62. The smallest absolute Gasteiger partial charge is 0.320 e. The molecule has 1 aromatic rings. The number of hydrogen-bond donors (Lipinski definition) is 0. The number of carbonyl (C=O) groups excluding carboxylic acids is 1. The van der Waals surface area contributed by atoms with Gasteiger partial charge in [0.25, 0.3) is 0 Å². The van der Waals surface area contributed by atoms with Crippen LogP contribution in [-0.4, -0.2) is 38.2 Å². The first-order valence-electron chi connectivity index (χ1n) is 5.12. The fraction of sp³-hybridized carbons (Fsp3) is 0.545. The Bertz CT molecular complexity index is 338. The van der Waals surface area contributed by atoms with Crippen LogP contribution in [0.1, 0.15) is 11.8 Å². The van der Waals surface area contributed by atoms with Gasteiger partial charge < -0.3 is 9.47 Å². The van der Waals surface area contributed by atoms with Gasteiger partial charge in [0.1, 0.15) is 5.75 Å². The van der Waals surface area contributed by atoms with E-state index in [9.17, 15) is 4.79 Å². The molecule has 0 aliphatic heterocycles. The second-order valence-electron chi connectivity index (χ2n) is 3.39. The van der Waals surface area contributed by atoms with Crippen LogP contribution in [0.5, 0.6) is 5.75 Å². The highest BCUT2D eigenvalue weighted by Crippen LogP contribution is 2.25. The second kappa shape index (κ2) is 6.50. The van der Waals surface area contributed by atoms with Crippen molar-refractivity contribution in [3.63, 3.8) is 0 Å². The average Bonchev–Trinajstić information content (AvgIpc) is 2.65. The van der Waals surface area contributed by atoms with Crippen LogP contribution in [0.2, 0.25) is 0 Å². The van der Waals surface area contributed by atoms with E-state index in [-0.39, 0.29) is 5.97 Å². The molecule has 0 saturated heterocycles. The number of hydrogen-bond acceptors (Lipinski definition) is 5. The Balaban J connectivity index is 2.45. The molecule has 1 aromatic heterocycles. The quantitative estimate of drug-likeness (QED) is 0.714. The summed E-state index contributed by atoms with van der Waals surface area (Å²) in [6.07, 6.45) is 0. The van der Waals surface area contributed by atoms with Crippen LogP contribution in [0.4, 0.5) is 0 Å². The first kappa shape index (κ1) is 13.0. The van der Waals surface area contributed by atoms with E-state index in [1.54, 1.807) is 25.4 Å². The minimum absolute atomic E-state index is 0.194. The van der Waals surface area contributed by atoms with Gasteiger partial charge in [-0.2, -0.15) is 0 Å². The second-order valence-corrected chi connectivity index (χ2v) is 4.39. The minimum Gasteiger partial charge on any atom is -0.496 e. The van der Waals surface area contributed by atoms with Crippen molar-refractivity contribution in [1.82, 2.24) is 4.90 Å². The predicted molar refractivity (Wildman–Crippen MR) is 63.8 cm³/mol. The molecule has 0 radical (unpaired) electrons.